The zero-order valence-corrected chi connectivity index (χ0v) is 16.7. The number of hydrogen-bond acceptors (Lipinski definition) is 5. The van der Waals surface area contributed by atoms with Gasteiger partial charge in [0, 0.05) is 19.7 Å². The SMILES string of the molecule is COc1cc(/C=C2\CCCN3C2=NOCC3C(C)(F)F)ccc1-n1cnc(C)c1. The van der Waals surface area contributed by atoms with Gasteiger partial charge >= 0.3 is 0 Å². The highest BCUT2D eigenvalue weighted by Crippen LogP contribution is 2.33. The minimum atomic E-state index is -2.86. The number of aromatic nitrogens is 2. The zero-order valence-electron chi connectivity index (χ0n) is 16.7. The summed E-state index contributed by atoms with van der Waals surface area (Å²) >= 11 is 0. The predicted octanol–water partition coefficient (Wildman–Crippen LogP) is 4.04. The first-order valence-electron chi connectivity index (χ1n) is 9.61. The number of hydrogen-bond donors (Lipinski definition) is 0. The van der Waals surface area contributed by atoms with Crippen molar-refractivity contribution in [1.29, 1.82) is 0 Å². The van der Waals surface area contributed by atoms with Gasteiger partial charge in [0.1, 0.15) is 18.4 Å². The molecule has 154 valence electrons. The first-order chi connectivity index (χ1) is 13.9. The fourth-order valence-corrected chi connectivity index (χ4v) is 3.82. The molecule has 2 aliphatic rings. The summed E-state index contributed by atoms with van der Waals surface area (Å²) in [7, 11) is 1.62. The summed E-state index contributed by atoms with van der Waals surface area (Å²) in [5.41, 5.74) is 3.59. The number of amidine groups is 1. The largest absolute Gasteiger partial charge is 0.495 e. The van der Waals surface area contributed by atoms with Crippen molar-refractivity contribution in [2.75, 3.05) is 20.3 Å². The molecular weight excluding hydrogens is 378 g/mol. The van der Waals surface area contributed by atoms with E-state index in [9.17, 15) is 8.78 Å². The lowest BCUT2D eigenvalue weighted by Gasteiger charge is -2.42. The number of piperidine rings is 1. The molecule has 0 spiro atoms. The third-order valence-corrected chi connectivity index (χ3v) is 5.28. The van der Waals surface area contributed by atoms with Gasteiger partial charge in [-0.3, -0.25) is 0 Å². The summed E-state index contributed by atoms with van der Waals surface area (Å²) in [4.78, 5) is 11.1. The fraction of sp³-hybridized carbons (Fsp3) is 0.429. The lowest BCUT2D eigenvalue weighted by Crippen LogP contribution is -2.56. The number of methoxy groups -OCH3 is 1. The molecule has 0 radical (unpaired) electrons. The Bertz CT molecular complexity index is 962. The number of halogens is 2. The van der Waals surface area contributed by atoms with Gasteiger partial charge in [0.2, 0.25) is 0 Å². The van der Waals surface area contributed by atoms with Crippen LogP contribution in [0.25, 0.3) is 11.8 Å². The van der Waals surface area contributed by atoms with Gasteiger partial charge in [0.05, 0.1) is 24.8 Å². The molecule has 0 aliphatic carbocycles. The molecule has 0 bridgehead atoms. The van der Waals surface area contributed by atoms with E-state index in [1.807, 2.05) is 42.0 Å². The van der Waals surface area contributed by atoms with Crippen molar-refractivity contribution in [1.82, 2.24) is 14.5 Å². The molecule has 1 atom stereocenters. The van der Waals surface area contributed by atoms with Gasteiger partial charge in [0.25, 0.3) is 5.92 Å². The maximum Gasteiger partial charge on any atom is 0.268 e. The van der Waals surface area contributed by atoms with Gasteiger partial charge < -0.3 is 19.0 Å². The molecule has 0 N–H and O–H groups in total. The second kappa shape index (κ2) is 7.50. The first kappa shape index (κ1) is 19.4. The molecule has 0 amide bonds. The Kier molecular flexibility index (Phi) is 5.02. The second-order valence-electron chi connectivity index (χ2n) is 7.50. The molecule has 2 aliphatic heterocycles. The molecule has 1 saturated heterocycles. The first-order valence-corrected chi connectivity index (χ1v) is 9.61. The number of rotatable bonds is 4. The average Bonchev–Trinajstić information content (AvgIpc) is 3.13. The van der Waals surface area contributed by atoms with E-state index < -0.39 is 12.0 Å². The van der Waals surface area contributed by atoms with E-state index in [0.29, 0.717) is 18.1 Å². The molecule has 4 rings (SSSR count). The number of aryl methyl sites for hydroxylation is 1. The van der Waals surface area contributed by atoms with E-state index in [-0.39, 0.29) is 6.61 Å². The molecule has 8 heteroatoms. The maximum atomic E-state index is 14.0. The maximum absolute atomic E-state index is 14.0. The van der Waals surface area contributed by atoms with Crippen LogP contribution in [0.1, 0.15) is 31.0 Å². The Morgan fingerprint density at radius 3 is 2.86 bits per heavy atom. The van der Waals surface area contributed by atoms with Crippen molar-refractivity contribution < 1.29 is 18.4 Å². The van der Waals surface area contributed by atoms with Crippen molar-refractivity contribution in [2.45, 2.75) is 38.7 Å². The van der Waals surface area contributed by atoms with Gasteiger partial charge in [-0.25, -0.2) is 13.8 Å². The Morgan fingerprint density at radius 1 is 1.34 bits per heavy atom. The Hall–Kier alpha value is -2.90. The predicted molar refractivity (Wildman–Crippen MR) is 107 cm³/mol. The van der Waals surface area contributed by atoms with E-state index in [1.54, 1.807) is 18.3 Å². The van der Waals surface area contributed by atoms with Crippen LogP contribution in [0, 0.1) is 6.92 Å². The van der Waals surface area contributed by atoms with Crippen LogP contribution < -0.4 is 4.74 Å². The Morgan fingerprint density at radius 2 is 2.17 bits per heavy atom. The highest BCUT2D eigenvalue weighted by atomic mass is 19.3. The van der Waals surface area contributed by atoms with Gasteiger partial charge in [-0.1, -0.05) is 11.2 Å². The number of benzene rings is 1. The standard InChI is InChI=1S/C21H24F2N4O2/c1-14-11-26(13-24-14)17-7-6-15(10-18(17)28-3)9-16-5-4-8-27-19(21(2,22)23)12-29-25-20(16)27/h6-7,9-11,13,19H,4-5,8,12H2,1-3H3/b16-9+. The molecule has 1 unspecified atom stereocenters. The lowest BCUT2D eigenvalue weighted by atomic mass is 9.97. The molecule has 29 heavy (non-hydrogen) atoms. The van der Waals surface area contributed by atoms with Crippen molar-refractivity contribution in [3.05, 3.63) is 47.6 Å². The van der Waals surface area contributed by atoms with Gasteiger partial charge in [-0.2, -0.15) is 0 Å². The minimum Gasteiger partial charge on any atom is -0.495 e. The van der Waals surface area contributed by atoms with Gasteiger partial charge in [0.15, 0.2) is 5.84 Å². The topological polar surface area (TPSA) is 51.9 Å². The van der Waals surface area contributed by atoms with Crippen molar-refractivity contribution in [3.63, 3.8) is 0 Å². The molecule has 2 aromatic rings. The molecule has 6 nitrogen and oxygen atoms in total. The van der Waals surface area contributed by atoms with Crippen LogP contribution in [0.15, 0.2) is 41.5 Å². The highest BCUT2D eigenvalue weighted by molar-refractivity contribution is 6.03. The van der Waals surface area contributed by atoms with Crippen LogP contribution in [-0.2, 0) is 4.84 Å². The molecule has 1 fully saturated rings. The number of imidazole rings is 1. The van der Waals surface area contributed by atoms with Crippen LogP contribution in [0.5, 0.6) is 5.75 Å². The monoisotopic (exact) mass is 402 g/mol. The smallest absolute Gasteiger partial charge is 0.268 e. The normalized spacial score (nSPS) is 20.9. The van der Waals surface area contributed by atoms with E-state index >= 15 is 0 Å². The lowest BCUT2D eigenvalue weighted by molar-refractivity contribution is -0.0903. The second-order valence-corrected chi connectivity index (χ2v) is 7.50. The summed E-state index contributed by atoms with van der Waals surface area (Å²) in [6.45, 7) is 3.31. The van der Waals surface area contributed by atoms with Crippen LogP contribution in [0.2, 0.25) is 0 Å². The molecular formula is C21H24F2N4O2. The number of fused-ring (bicyclic) bond motifs is 1. The molecule has 3 heterocycles. The zero-order chi connectivity index (χ0) is 20.6. The minimum absolute atomic E-state index is 0.104. The number of ether oxygens (including phenoxy) is 1. The van der Waals surface area contributed by atoms with E-state index in [2.05, 4.69) is 10.1 Å². The van der Waals surface area contributed by atoms with Gasteiger partial charge in [-0.15, -0.1) is 0 Å². The number of alkyl halides is 2. The number of oxime groups is 1. The summed E-state index contributed by atoms with van der Waals surface area (Å²) < 4.78 is 35.5. The van der Waals surface area contributed by atoms with Crippen molar-refractivity contribution >= 4 is 11.9 Å². The van der Waals surface area contributed by atoms with E-state index in [1.165, 1.54) is 0 Å². The highest BCUT2D eigenvalue weighted by Gasteiger charge is 2.44. The summed E-state index contributed by atoms with van der Waals surface area (Å²) in [5.74, 6) is -1.66. The Balaban J connectivity index is 1.66. The van der Waals surface area contributed by atoms with Crippen molar-refractivity contribution in [2.24, 2.45) is 5.16 Å². The summed E-state index contributed by atoms with van der Waals surface area (Å²) in [6.07, 6.45) is 7.18. The third-order valence-electron chi connectivity index (χ3n) is 5.28. The average molecular weight is 402 g/mol. The van der Waals surface area contributed by atoms with Crippen LogP contribution in [0.3, 0.4) is 0 Å². The van der Waals surface area contributed by atoms with Crippen LogP contribution >= 0.6 is 0 Å². The number of nitrogens with zero attached hydrogens (tertiary/aromatic N) is 4. The van der Waals surface area contributed by atoms with Crippen molar-refractivity contribution in [3.8, 4) is 11.4 Å². The van der Waals surface area contributed by atoms with E-state index in [0.717, 1.165) is 42.3 Å². The van der Waals surface area contributed by atoms with Crippen LogP contribution in [0.4, 0.5) is 8.78 Å². The van der Waals surface area contributed by atoms with Gasteiger partial charge in [-0.05, 0) is 49.1 Å². The summed E-state index contributed by atoms with van der Waals surface area (Å²) in [6, 6.07) is 4.84. The Labute approximate surface area is 168 Å². The quantitative estimate of drug-likeness (QED) is 0.775. The van der Waals surface area contributed by atoms with Crippen LogP contribution in [-0.4, -0.2) is 52.5 Å². The fourth-order valence-electron chi connectivity index (χ4n) is 3.82. The summed E-state index contributed by atoms with van der Waals surface area (Å²) in [5, 5.41) is 4.10. The molecule has 1 aromatic heterocycles. The molecule has 0 saturated carbocycles. The van der Waals surface area contributed by atoms with E-state index in [4.69, 9.17) is 9.57 Å². The third kappa shape index (κ3) is 3.83. The molecule has 1 aromatic carbocycles.